The van der Waals surface area contributed by atoms with Gasteiger partial charge in [-0.3, -0.25) is 4.98 Å². The lowest BCUT2D eigenvalue weighted by Gasteiger charge is -2.19. The van der Waals surface area contributed by atoms with Gasteiger partial charge in [-0.15, -0.1) is 0 Å². The number of rotatable bonds is 7. The fourth-order valence-electron chi connectivity index (χ4n) is 1.76. The fraction of sp³-hybridized carbons (Fsp3) is 0.643. The van der Waals surface area contributed by atoms with Crippen LogP contribution in [0.15, 0.2) is 18.3 Å². The molecule has 1 N–H and O–H groups in total. The summed E-state index contributed by atoms with van der Waals surface area (Å²) in [6, 6.07) is 3.95. The molecule has 0 saturated carbocycles. The molecule has 1 atom stereocenters. The van der Waals surface area contributed by atoms with Crippen molar-refractivity contribution in [3.8, 4) is 0 Å². The topological polar surface area (TPSA) is 36.4 Å². The molecule has 17 heavy (non-hydrogen) atoms. The summed E-state index contributed by atoms with van der Waals surface area (Å²) < 4.78 is 0. The largest absolute Gasteiger partial charge is 0.387 e. The maximum atomic E-state index is 9.66. The number of aliphatic hydroxyl groups is 1. The molecule has 0 aromatic carbocycles. The lowest BCUT2D eigenvalue weighted by Crippen LogP contribution is -2.18. The minimum Gasteiger partial charge on any atom is -0.387 e. The fourth-order valence-corrected chi connectivity index (χ4v) is 1.76. The van der Waals surface area contributed by atoms with E-state index in [1.165, 1.54) is 19.3 Å². The molecular weight excluding hydrogens is 212 g/mol. The summed E-state index contributed by atoms with van der Waals surface area (Å²) in [4.78, 5) is 6.52. The van der Waals surface area contributed by atoms with Crippen molar-refractivity contribution in [3.05, 3.63) is 24.0 Å². The minimum atomic E-state index is -0.436. The Labute approximate surface area is 104 Å². The van der Waals surface area contributed by atoms with Crippen LogP contribution in [-0.2, 0) is 0 Å². The second-order valence-electron chi connectivity index (χ2n) is 4.49. The van der Waals surface area contributed by atoms with Gasteiger partial charge in [0.25, 0.3) is 0 Å². The lowest BCUT2D eigenvalue weighted by molar-refractivity contribution is 0.169. The summed E-state index contributed by atoms with van der Waals surface area (Å²) in [5.41, 5.74) is 1.88. The van der Waals surface area contributed by atoms with Gasteiger partial charge in [-0.1, -0.05) is 26.7 Å². The van der Waals surface area contributed by atoms with Gasteiger partial charge in [0, 0.05) is 13.6 Å². The number of pyridine rings is 1. The van der Waals surface area contributed by atoms with E-state index in [1.54, 1.807) is 0 Å². The molecule has 0 aliphatic rings. The van der Waals surface area contributed by atoms with E-state index in [0.29, 0.717) is 6.42 Å². The molecule has 0 radical (unpaired) electrons. The van der Waals surface area contributed by atoms with Crippen molar-refractivity contribution in [1.82, 2.24) is 4.98 Å². The summed E-state index contributed by atoms with van der Waals surface area (Å²) in [5, 5.41) is 9.66. The van der Waals surface area contributed by atoms with Crippen molar-refractivity contribution in [2.45, 2.75) is 45.6 Å². The van der Waals surface area contributed by atoms with Crippen LogP contribution in [0.4, 0.5) is 5.69 Å². The first-order valence-corrected chi connectivity index (χ1v) is 6.54. The molecule has 3 nitrogen and oxygen atoms in total. The van der Waals surface area contributed by atoms with Gasteiger partial charge in [0.2, 0.25) is 0 Å². The van der Waals surface area contributed by atoms with Gasteiger partial charge in [-0.05, 0) is 25.0 Å². The zero-order valence-corrected chi connectivity index (χ0v) is 11.2. The Kier molecular flexibility index (Phi) is 5.98. The molecule has 1 aromatic rings. The molecule has 96 valence electrons. The third kappa shape index (κ3) is 4.35. The van der Waals surface area contributed by atoms with E-state index in [9.17, 15) is 5.11 Å². The molecule has 0 aliphatic carbocycles. The van der Waals surface area contributed by atoms with Crippen LogP contribution in [0.25, 0.3) is 0 Å². The van der Waals surface area contributed by atoms with E-state index < -0.39 is 6.10 Å². The van der Waals surface area contributed by atoms with Gasteiger partial charge < -0.3 is 10.0 Å². The first-order valence-electron chi connectivity index (χ1n) is 6.54. The SMILES string of the molecule is CCCCCN(C)c1ccc([C@H](O)CC)nc1. The maximum absolute atomic E-state index is 9.66. The number of hydrogen-bond acceptors (Lipinski definition) is 3. The standard InChI is InChI=1S/C14H24N2O/c1-4-6-7-10-16(3)12-8-9-13(15-11-12)14(17)5-2/h8-9,11,14,17H,4-7,10H2,1-3H3/t14-/m1/s1. The van der Waals surface area contributed by atoms with Crippen LogP contribution in [-0.4, -0.2) is 23.7 Å². The summed E-state index contributed by atoms with van der Waals surface area (Å²) in [7, 11) is 2.09. The Hall–Kier alpha value is -1.09. The first kappa shape index (κ1) is 14.0. The molecule has 0 unspecified atom stereocenters. The van der Waals surface area contributed by atoms with Crippen LogP contribution >= 0.6 is 0 Å². The Morgan fingerprint density at radius 2 is 2.06 bits per heavy atom. The van der Waals surface area contributed by atoms with Gasteiger partial charge in [0.05, 0.1) is 23.7 Å². The van der Waals surface area contributed by atoms with Crippen molar-refractivity contribution in [2.75, 3.05) is 18.5 Å². The van der Waals surface area contributed by atoms with Gasteiger partial charge in [-0.2, -0.15) is 0 Å². The quantitative estimate of drug-likeness (QED) is 0.739. The Balaban J connectivity index is 2.54. The number of nitrogens with zero attached hydrogens (tertiary/aromatic N) is 2. The molecule has 0 aliphatic heterocycles. The molecule has 0 spiro atoms. The predicted molar refractivity (Wildman–Crippen MR) is 72.3 cm³/mol. The third-order valence-electron chi connectivity index (χ3n) is 3.04. The monoisotopic (exact) mass is 236 g/mol. The molecule has 0 bridgehead atoms. The molecule has 0 fully saturated rings. The summed E-state index contributed by atoms with van der Waals surface area (Å²) in [5.74, 6) is 0. The highest BCUT2D eigenvalue weighted by Crippen LogP contribution is 2.17. The first-order chi connectivity index (χ1) is 8.19. The van der Waals surface area contributed by atoms with Crippen molar-refractivity contribution in [1.29, 1.82) is 0 Å². The van der Waals surface area contributed by atoms with Crippen LogP contribution in [0, 0.1) is 0 Å². The van der Waals surface area contributed by atoms with Gasteiger partial charge in [-0.25, -0.2) is 0 Å². The van der Waals surface area contributed by atoms with E-state index in [2.05, 4.69) is 23.9 Å². The summed E-state index contributed by atoms with van der Waals surface area (Å²) in [6.07, 6.45) is 5.85. The van der Waals surface area contributed by atoms with E-state index in [-0.39, 0.29) is 0 Å². The number of anilines is 1. The molecule has 0 amide bonds. The molecule has 1 heterocycles. The summed E-state index contributed by atoms with van der Waals surface area (Å²) >= 11 is 0. The van der Waals surface area contributed by atoms with E-state index >= 15 is 0 Å². The molecule has 1 aromatic heterocycles. The highest BCUT2D eigenvalue weighted by Gasteiger charge is 2.07. The Morgan fingerprint density at radius 3 is 2.59 bits per heavy atom. The smallest absolute Gasteiger partial charge is 0.0957 e. The van der Waals surface area contributed by atoms with Crippen molar-refractivity contribution < 1.29 is 5.11 Å². The van der Waals surface area contributed by atoms with Crippen LogP contribution in [0.2, 0.25) is 0 Å². The van der Waals surface area contributed by atoms with Crippen LogP contribution < -0.4 is 4.90 Å². The van der Waals surface area contributed by atoms with Crippen molar-refractivity contribution in [2.24, 2.45) is 0 Å². The van der Waals surface area contributed by atoms with Crippen LogP contribution in [0.5, 0.6) is 0 Å². The van der Waals surface area contributed by atoms with Gasteiger partial charge >= 0.3 is 0 Å². The second kappa shape index (κ2) is 7.28. The van der Waals surface area contributed by atoms with E-state index in [4.69, 9.17) is 0 Å². The maximum Gasteiger partial charge on any atom is 0.0957 e. The number of aliphatic hydroxyl groups excluding tert-OH is 1. The third-order valence-corrected chi connectivity index (χ3v) is 3.04. The Morgan fingerprint density at radius 1 is 1.29 bits per heavy atom. The van der Waals surface area contributed by atoms with Crippen LogP contribution in [0.3, 0.4) is 0 Å². The average molecular weight is 236 g/mol. The van der Waals surface area contributed by atoms with Crippen molar-refractivity contribution in [3.63, 3.8) is 0 Å². The number of unbranched alkanes of at least 4 members (excludes halogenated alkanes) is 2. The normalized spacial score (nSPS) is 12.5. The highest BCUT2D eigenvalue weighted by atomic mass is 16.3. The molecule has 3 heteroatoms. The van der Waals surface area contributed by atoms with E-state index in [0.717, 1.165) is 17.9 Å². The highest BCUT2D eigenvalue weighted by molar-refractivity contribution is 5.43. The van der Waals surface area contributed by atoms with E-state index in [1.807, 2.05) is 25.3 Å². The van der Waals surface area contributed by atoms with Crippen molar-refractivity contribution >= 4 is 5.69 Å². The lowest BCUT2D eigenvalue weighted by atomic mass is 10.2. The number of aromatic nitrogens is 1. The number of hydrogen-bond donors (Lipinski definition) is 1. The zero-order chi connectivity index (χ0) is 12.7. The second-order valence-corrected chi connectivity index (χ2v) is 4.49. The van der Waals surface area contributed by atoms with Crippen LogP contribution in [0.1, 0.15) is 51.3 Å². The van der Waals surface area contributed by atoms with Gasteiger partial charge in [0.1, 0.15) is 0 Å². The molecular formula is C14H24N2O. The Bertz CT molecular complexity index is 311. The minimum absolute atomic E-state index is 0.436. The molecule has 1 rings (SSSR count). The predicted octanol–water partition coefficient (Wildman–Crippen LogP) is 3.15. The molecule has 0 saturated heterocycles. The average Bonchev–Trinajstić information content (AvgIpc) is 2.38. The van der Waals surface area contributed by atoms with Gasteiger partial charge in [0.15, 0.2) is 0 Å². The zero-order valence-electron chi connectivity index (χ0n) is 11.2. The summed E-state index contributed by atoms with van der Waals surface area (Å²) in [6.45, 7) is 5.23.